The average molecular weight is 344 g/mol. The molecule has 6 heteroatoms. The molecule has 0 spiro atoms. The van der Waals surface area contributed by atoms with Crippen LogP contribution in [0.25, 0.3) is 0 Å². The first-order chi connectivity index (χ1) is 10.1. The molecule has 2 aromatic rings. The summed E-state index contributed by atoms with van der Waals surface area (Å²) in [5.41, 5.74) is 2.56. The summed E-state index contributed by atoms with van der Waals surface area (Å²) < 4.78 is 11.4. The molecular weight excluding hydrogens is 333 g/mol. The van der Waals surface area contributed by atoms with Crippen molar-refractivity contribution in [2.45, 2.75) is 6.61 Å². The van der Waals surface area contributed by atoms with E-state index in [0.29, 0.717) is 17.6 Å². The van der Waals surface area contributed by atoms with E-state index in [1.807, 2.05) is 18.2 Å². The molecule has 0 saturated carbocycles. The van der Waals surface area contributed by atoms with Crippen LogP contribution in [-0.4, -0.2) is 26.0 Å². The summed E-state index contributed by atoms with van der Waals surface area (Å²) in [6, 6.07) is 8.99. The molecule has 0 aromatic heterocycles. The van der Waals surface area contributed by atoms with Gasteiger partial charge in [0.2, 0.25) is 0 Å². The molecule has 104 valence electrons. The molecule has 0 bridgehead atoms. The first-order valence-corrected chi connectivity index (χ1v) is 7.08. The molecule has 1 heterocycles. The van der Waals surface area contributed by atoms with Crippen LogP contribution in [0, 0.1) is 0 Å². The smallest absolute Gasteiger partial charge is 0.189 e. The van der Waals surface area contributed by atoms with E-state index in [2.05, 4.69) is 20.9 Å². The van der Waals surface area contributed by atoms with E-state index in [9.17, 15) is 5.11 Å². The van der Waals surface area contributed by atoms with Crippen molar-refractivity contribution < 1.29 is 14.6 Å². The number of aliphatic imine (C=N–C) groups is 1. The Labute approximate surface area is 132 Å². The highest BCUT2D eigenvalue weighted by Crippen LogP contribution is 2.28. The first kappa shape index (κ1) is 14.2. The van der Waals surface area contributed by atoms with Gasteiger partial charge >= 0.3 is 0 Å². The van der Waals surface area contributed by atoms with Gasteiger partial charge < -0.3 is 14.6 Å². The van der Waals surface area contributed by atoms with Crippen LogP contribution in [0.5, 0.6) is 11.5 Å². The Morgan fingerprint density at radius 2 is 2.14 bits per heavy atom. The van der Waals surface area contributed by atoms with Crippen molar-refractivity contribution in [3.05, 3.63) is 45.9 Å². The van der Waals surface area contributed by atoms with E-state index in [1.54, 1.807) is 18.3 Å². The molecule has 1 aliphatic rings. The lowest BCUT2D eigenvalue weighted by molar-refractivity contribution is -0.0163. The number of hydrogen-bond acceptors (Lipinski definition) is 4. The van der Waals surface area contributed by atoms with Gasteiger partial charge in [0.05, 0.1) is 12.3 Å². The van der Waals surface area contributed by atoms with Crippen LogP contribution < -0.4 is 10.2 Å². The minimum absolute atomic E-state index is 0.0200. The Hall–Kier alpha value is -1.79. The molecule has 0 fully saturated rings. The molecule has 0 aliphatic carbocycles. The third-order valence-electron chi connectivity index (χ3n) is 3.09. The molecule has 21 heavy (non-hydrogen) atoms. The van der Waals surface area contributed by atoms with Gasteiger partial charge in [0.25, 0.3) is 0 Å². The van der Waals surface area contributed by atoms with Gasteiger partial charge in [-0.05, 0) is 24.3 Å². The van der Waals surface area contributed by atoms with Gasteiger partial charge in [-0.2, -0.15) is 0 Å². The van der Waals surface area contributed by atoms with Gasteiger partial charge in [0, 0.05) is 21.8 Å². The normalized spacial score (nSPS) is 14.0. The zero-order valence-corrected chi connectivity index (χ0v) is 12.6. The molecule has 1 N–H and O–H groups in total. The summed E-state index contributed by atoms with van der Waals surface area (Å²) in [4.78, 5) is 4.36. The minimum atomic E-state index is 0.0200. The third kappa shape index (κ3) is 3.11. The summed E-state index contributed by atoms with van der Waals surface area (Å²) in [5, 5.41) is 9.91. The zero-order chi connectivity index (χ0) is 14.8. The Morgan fingerprint density at radius 3 is 3.00 bits per heavy atom. The van der Waals surface area contributed by atoms with Crippen molar-refractivity contribution >= 4 is 41.1 Å². The number of ether oxygens (including phenoxy) is 2. The lowest BCUT2D eigenvalue weighted by Crippen LogP contribution is -2.10. The number of hydrogen-bond donors (Lipinski definition) is 1. The lowest BCUT2D eigenvalue weighted by atomic mass is 9.93. The Kier molecular flexibility index (Phi) is 3.99. The van der Waals surface area contributed by atoms with Gasteiger partial charge in [-0.1, -0.05) is 27.5 Å². The number of rotatable bonds is 2. The number of benzene rings is 2. The first-order valence-electron chi connectivity index (χ1n) is 6.29. The third-order valence-corrected chi connectivity index (χ3v) is 3.54. The van der Waals surface area contributed by atoms with Crippen molar-refractivity contribution in [2.24, 2.45) is 4.99 Å². The maximum Gasteiger partial charge on any atom is 0.189 e. The van der Waals surface area contributed by atoms with E-state index >= 15 is 0 Å². The van der Waals surface area contributed by atoms with E-state index in [4.69, 9.17) is 17.3 Å². The summed E-state index contributed by atoms with van der Waals surface area (Å²) in [5.74, 6) is 0.835. The minimum Gasteiger partial charge on any atom is -0.508 e. The topological polar surface area (TPSA) is 51.0 Å². The zero-order valence-electron chi connectivity index (χ0n) is 11.0. The van der Waals surface area contributed by atoms with E-state index < -0.39 is 0 Å². The molecule has 4 nitrogen and oxygen atoms in total. The molecule has 0 saturated heterocycles. The summed E-state index contributed by atoms with van der Waals surface area (Å²) in [6.07, 6.45) is 1.57. The van der Waals surface area contributed by atoms with Crippen LogP contribution in [0.4, 0.5) is 5.69 Å². The van der Waals surface area contributed by atoms with E-state index in [-0.39, 0.29) is 12.5 Å². The van der Waals surface area contributed by atoms with Crippen LogP contribution in [0.2, 0.25) is 0 Å². The van der Waals surface area contributed by atoms with Crippen LogP contribution in [0.3, 0.4) is 0 Å². The Balaban J connectivity index is 1.89. The van der Waals surface area contributed by atoms with Crippen molar-refractivity contribution in [1.82, 2.24) is 0 Å². The predicted octanol–water partition coefficient (Wildman–Crippen LogP) is 2.57. The van der Waals surface area contributed by atoms with Gasteiger partial charge in [-0.15, -0.1) is 0 Å². The van der Waals surface area contributed by atoms with Crippen LogP contribution in [0.15, 0.2) is 39.8 Å². The van der Waals surface area contributed by atoms with Gasteiger partial charge in [0.15, 0.2) is 6.79 Å². The summed E-state index contributed by atoms with van der Waals surface area (Å²) in [6.45, 7) is 0.786. The predicted molar refractivity (Wildman–Crippen MR) is 85.2 cm³/mol. The number of phenols is 1. The van der Waals surface area contributed by atoms with Crippen molar-refractivity contribution in [2.75, 3.05) is 6.79 Å². The SMILES string of the molecule is [B]c1cc(Br)cc(C=Nc2ccc3c(c2)COCO3)c1O. The molecule has 0 atom stereocenters. The molecule has 0 unspecified atom stereocenters. The standard InChI is InChI=1S/C15H11BBrNO3/c16-13-5-11(17)3-9(15(13)19)6-18-12-1-2-14-10(4-12)7-20-8-21-14/h1-6,19H,7-8H2. The van der Waals surface area contributed by atoms with Gasteiger partial charge in [0.1, 0.15) is 19.3 Å². The molecule has 1 aliphatic heterocycles. The van der Waals surface area contributed by atoms with Crippen molar-refractivity contribution in [3.8, 4) is 11.5 Å². The van der Waals surface area contributed by atoms with Crippen LogP contribution in [-0.2, 0) is 11.3 Å². The van der Waals surface area contributed by atoms with E-state index in [0.717, 1.165) is 21.5 Å². The lowest BCUT2D eigenvalue weighted by Gasteiger charge is -2.17. The maximum absolute atomic E-state index is 9.91. The van der Waals surface area contributed by atoms with Crippen LogP contribution in [0.1, 0.15) is 11.1 Å². The quantitative estimate of drug-likeness (QED) is 0.673. The molecular formula is C15H11BBrNO3. The number of phenolic OH excluding ortho intramolecular Hbond substituents is 1. The summed E-state index contributed by atoms with van der Waals surface area (Å²) in [7, 11) is 5.71. The van der Waals surface area contributed by atoms with E-state index in [1.165, 1.54) is 0 Å². The highest BCUT2D eigenvalue weighted by Gasteiger charge is 2.10. The highest BCUT2D eigenvalue weighted by atomic mass is 79.9. The van der Waals surface area contributed by atoms with Crippen molar-refractivity contribution in [3.63, 3.8) is 0 Å². The van der Waals surface area contributed by atoms with Crippen LogP contribution >= 0.6 is 15.9 Å². The second-order valence-corrected chi connectivity index (χ2v) is 5.51. The Bertz CT molecular complexity index is 718. The Morgan fingerprint density at radius 1 is 1.29 bits per heavy atom. The largest absolute Gasteiger partial charge is 0.508 e. The molecule has 0 amide bonds. The molecule has 2 radical (unpaired) electrons. The highest BCUT2D eigenvalue weighted by molar-refractivity contribution is 9.10. The monoisotopic (exact) mass is 343 g/mol. The molecule has 3 rings (SSSR count). The van der Waals surface area contributed by atoms with Gasteiger partial charge in [-0.25, -0.2) is 0 Å². The second kappa shape index (κ2) is 5.91. The van der Waals surface area contributed by atoms with Crippen molar-refractivity contribution in [1.29, 1.82) is 0 Å². The van der Waals surface area contributed by atoms with Gasteiger partial charge in [-0.3, -0.25) is 4.99 Å². The maximum atomic E-state index is 9.91. The fourth-order valence-corrected chi connectivity index (χ4v) is 2.53. The summed E-state index contributed by atoms with van der Waals surface area (Å²) >= 11 is 3.34. The number of nitrogens with zero attached hydrogens (tertiary/aromatic N) is 1. The fraction of sp³-hybridized carbons (Fsp3) is 0.133. The number of halogens is 1. The number of aromatic hydroxyl groups is 1. The fourth-order valence-electron chi connectivity index (χ4n) is 2.04. The second-order valence-electron chi connectivity index (χ2n) is 4.59. The average Bonchev–Trinajstić information content (AvgIpc) is 2.49. The molecule has 2 aromatic carbocycles. The number of fused-ring (bicyclic) bond motifs is 1.